The Bertz CT molecular complexity index is 1130. The van der Waals surface area contributed by atoms with E-state index in [0.29, 0.717) is 29.7 Å². The number of aromatic amines is 1. The molecule has 5 nitrogen and oxygen atoms in total. The Kier molecular flexibility index (Phi) is 4.72. The predicted molar refractivity (Wildman–Crippen MR) is 125 cm³/mol. The van der Waals surface area contributed by atoms with Crippen LogP contribution in [0.3, 0.4) is 0 Å². The summed E-state index contributed by atoms with van der Waals surface area (Å²) in [4.78, 5) is 16.8. The molecule has 2 bridgehead atoms. The summed E-state index contributed by atoms with van der Waals surface area (Å²) in [5, 5.41) is 21.3. The number of hydrogen-bond donors (Lipinski definition) is 3. The maximum atomic E-state index is 14.2. The Labute approximate surface area is 194 Å². The molecule has 3 N–H and O–H groups in total. The summed E-state index contributed by atoms with van der Waals surface area (Å²) in [6.45, 7) is 6.37. The van der Waals surface area contributed by atoms with Crippen LogP contribution in [0.5, 0.6) is 17.5 Å². The van der Waals surface area contributed by atoms with Crippen molar-refractivity contribution in [3.63, 3.8) is 0 Å². The van der Waals surface area contributed by atoms with Gasteiger partial charge in [-0.1, -0.05) is 43.7 Å². The summed E-state index contributed by atoms with van der Waals surface area (Å²) >= 11 is 0. The van der Waals surface area contributed by atoms with E-state index in [9.17, 15) is 15.0 Å². The predicted octanol–water partition coefficient (Wildman–Crippen LogP) is 5.25. The molecule has 7 rings (SSSR count). The minimum absolute atomic E-state index is 0.00537. The summed E-state index contributed by atoms with van der Waals surface area (Å²) in [5.41, 5.74) is 1.62. The fourth-order valence-electron chi connectivity index (χ4n) is 7.34. The Morgan fingerprint density at radius 1 is 1.09 bits per heavy atom. The fraction of sp³-hybridized carbons (Fsp3) is 0.464. The third-order valence-electron chi connectivity index (χ3n) is 8.80. The van der Waals surface area contributed by atoms with Crippen molar-refractivity contribution in [1.82, 2.24) is 4.98 Å². The van der Waals surface area contributed by atoms with E-state index in [-0.39, 0.29) is 52.9 Å². The molecular formula is C28H31NO4. The van der Waals surface area contributed by atoms with E-state index in [2.05, 4.69) is 30.6 Å². The number of allylic oxidation sites excluding steroid dienone is 3. The molecule has 5 aliphatic rings. The third-order valence-corrected chi connectivity index (χ3v) is 8.80. The molecule has 2 aromatic rings. The highest BCUT2D eigenvalue weighted by Crippen LogP contribution is 2.58. The molecule has 1 aromatic heterocycles. The van der Waals surface area contributed by atoms with E-state index in [1.807, 2.05) is 30.3 Å². The van der Waals surface area contributed by atoms with Crippen molar-refractivity contribution in [3.05, 3.63) is 65.8 Å². The SMILES string of the molecule is C=CC1C=CC2C3CC(C)CCC3C3Oc4ccc(cc4)Cc4c(O)[nH]c(O)c4C(=O)C1C23. The highest BCUT2D eigenvalue weighted by atomic mass is 16.5. The summed E-state index contributed by atoms with van der Waals surface area (Å²) < 4.78 is 6.73. The molecule has 5 heteroatoms. The summed E-state index contributed by atoms with van der Waals surface area (Å²) in [6, 6.07) is 7.95. The third kappa shape index (κ3) is 3.08. The van der Waals surface area contributed by atoms with Crippen LogP contribution in [-0.2, 0) is 6.42 Å². The van der Waals surface area contributed by atoms with Gasteiger partial charge in [0.25, 0.3) is 0 Å². The van der Waals surface area contributed by atoms with Crippen LogP contribution in [0.2, 0.25) is 0 Å². The number of ether oxygens (including phenoxy) is 1. The first-order valence-corrected chi connectivity index (χ1v) is 12.2. The van der Waals surface area contributed by atoms with E-state index in [4.69, 9.17) is 4.74 Å². The Balaban J connectivity index is 1.56. The van der Waals surface area contributed by atoms with Crippen LogP contribution in [0.4, 0.5) is 0 Å². The molecule has 0 amide bonds. The van der Waals surface area contributed by atoms with Gasteiger partial charge in [0.2, 0.25) is 5.88 Å². The van der Waals surface area contributed by atoms with E-state index in [0.717, 1.165) is 24.2 Å². The van der Waals surface area contributed by atoms with Crippen molar-refractivity contribution in [2.24, 2.45) is 41.4 Å². The smallest absolute Gasteiger partial charge is 0.202 e. The maximum absolute atomic E-state index is 14.2. The minimum atomic E-state index is -0.389. The standard InChI is InChI=1S/C28H31NO4/c1-3-16-7-11-18-20-12-14(2)4-10-19(20)26-23(18)22(16)25(30)24-21(27(31)29-28(24)32)13-15-5-8-17(33-26)9-6-15/h3,5-9,11,14,16,18-20,22-23,26,29,31-32H,1,4,10,12-13H2,2H3. The van der Waals surface area contributed by atoms with Gasteiger partial charge in [-0.05, 0) is 54.2 Å². The average molecular weight is 446 g/mol. The minimum Gasteiger partial charge on any atom is -0.494 e. The van der Waals surface area contributed by atoms with Gasteiger partial charge in [0.05, 0.1) is 5.56 Å². The first-order chi connectivity index (χ1) is 16.0. The van der Waals surface area contributed by atoms with Gasteiger partial charge < -0.3 is 14.9 Å². The molecule has 8 unspecified atom stereocenters. The molecule has 1 aromatic carbocycles. The van der Waals surface area contributed by atoms with Crippen molar-refractivity contribution in [1.29, 1.82) is 0 Å². The quantitative estimate of drug-likeness (QED) is 0.524. The fourth-order valence-corrected chi connectivity index (χ4v) is 7.34. The lowest BCUT2D eigenvalue weighted by Gasteiger charge is -2.38. The second-order valence-electron chi connectivity index (χ2n) is 10.6. The van der Waals surface area contributed by atoms with Gasteiger partial charge in [-0.3, -0.25) is 9.78 Å². The van der Waals surface area contributed by atoms with E-state index in [1.165, 1.54) is 6.42 Å². The number of benzene rings is 1. The lowest BCUT2D eigenvalue weighted by Crippen LogP contribution is -2.42. The van der Waals surface area contributed by atoms with Crippen LogP contribution in [-0.4, -0.2) is 27.1 Å². The number of aromatic nitrogens is 1. The molecule has 2 aliphatic heterocycles. The van der Waals surface area contributed by atoms with Gasteiger partial charge in [0.1, 0.15) is 11.9 Å². The van der Waals surface area contributed by atoms with E-state index >= 15 is 0 Å². The van der Waals surface area contributed by atoms with Gasteiger partial charge >= 0.3 is 0 Å². The van der Waals surface area contributed by atoms with Crippen LogP contribution in [0, 0.1) is 41.4 Å². The summed E-state index contributed by atoms with van der Waals surface area (Å²) in [6.07, 6.45) is 10.0. The first kappa shape index (κ1) is 20.6. The molecular weight excluding hydrogens is 414 g/mol. The van der Waals surface area contributed by atoms with Crippen LogP contribution < -0.4 is 4.74 Å². The molecule has 2 saturated carbocycles. The molecule has 0 spiro atoms. The molecule has 8 atom stereocenters. The number of carbonyl (C=O) groups is 1. The number of hydrogen-bond acceptors (Lipinski definition) is 4. The van der Waals surface area contributed by atoms with Gasteiger partial charge in [-0.25, -0.2) is 0 Å². The second kappa shape index (κ2) is 7.54. The number of fused-ring (bicyclic) bond motifs is 4. The topological polar surface area (TPSA) is 82.6 Å². The van der Waals surface area contributed by atoms with Crippen molar-refractivity contribution in [3.8, 4) is 17.5 Å². The first-order valence-electron chi connectivity index (χ1n) is 12.2. The van der Waals surface area contributed by atoms with Crippen LogP contribution >= 0.6 is 0 Å². The molecule has 33 heavy (non-hydrogen) atoms. The zero-order chi connectivity index (χ0) is 22.9. The van der Waals surface area contributed by atoms with Gasteiger partial charge in [-0.15, -0.1) is 6.58 Å². The van der Waals surface area contributed by atoms with Crippen LogP contribution in [0.15, 0.2) is 49.1 Å². The Morgan fingerprint density at radius 2 is 1.88 bits per heavy atom. The van der Waals surface area contributed by atoms with Crippen molar-refractivity contribution in [2.45, 2.75) is 38.7 Å². The highest BCUT2D eigenvalue weighted by molar-refractivity contribution is 6.03. The van der Waals surface area contributed by atoms with Gasteiger partial charge in [-0.2, -0.15) is 0 Å². The zero-order valence-electron chi connectivity index (χ0n) is 18.9. The van der Waals surface area contributed by atoms with E-state index < -0.39 is 0 Å². The van der Waals surface area contributed by atoms with E-state index in [1.54, 1.807) is 0 Å². The number of rotatable bonds is 1. The van der Waals surface area contributed by atoms with Gasteiger partial charge in [0.15, 0.2) is 11.7 Å². The molecule has 3 aliphatic carbocycles. The summed E-state index contributed by atoms with van der Waals surface area (Å²) in [5.74, 6) is 1.58. The van der Waals surface area contributed by atoms with Crippen LogP contribution in [0.25, 0.3) is 0 Å². The molecule has 0 saturated heterocycles. The monoisotopic (exact) mass is 445 g/mol. The van der Waals surface area contributed by atoms with Gasteiger partial charge in [0, 0.05) is 29.7 Å². The number of aromatic hydroxyl groups is 2. The molecule has 172 valence electrons. The van der Waals surface area contributed by atoms with Crippen molar-refractivity contribution < 1.29 is 19.7 Å². The second-order valence-corrected chi connectivity index (χ2v) is 10.6. The number of nitrogens with one attached hydrogen (secondary N) is 1. The summed E-state index contributed by atoms with van der Waals surface area (Å²) in [7, 11) is 0. The number of H-pyrrole nitrogens is 1. The van der Waals surface area contributed by atoms with Crippen LogP contribution in [0.1, 0.15) is 47.7 Å². The lowest BCUT2D eigenvalue weighted by atomic mass is 9.66. The highest BCUT2D eigenvalue weighted by Gasteiger charge is 2.58. The molecule has 0 radical (unpaired) electrons. The van der Waals surface area contributed by atoms with Crippen molar-refractivity contribution in [2.75, 3.05) is 0 Å². The molecule has 3 heterocycles. The Hall–Kier alpha value is -2.95. The van der Waals surface area contributed by atoms with Crippen molar-refractivity contribution >= 4 is 5.78 Å². The normalized spacial score (nSPS) is 36.7. The number of Topliss-reactive ketones (excluding diaryl/α,β-unsaturated/α-hetero) is 1. The maximum Gasteiger partial charge on any atom is 0.202 e. The average Bonchev–Trinajstić information content (AvgIpc) is 3.25. The molecule has 2 fully saturated rings. The Morgan fingerprint density at radius 3 is 2.64 bits per heavy atom. The zero-order valence-corrected chi connectivity index (χ0v) is 18.9. The number of ketones is 1. The largest absolute Gasteiger partial charge is 0.494 e. The lowest BCUT2D eigenvalue weighted by molar-refractivity contribution is 0.0477. The number of carbonyl (C=O) groups excluding carboxylic acids is 1.